The van der Waals surface area contributed by atoms with Crippen LogP contribution in [-0.2, 0) is 148 Å². The zero-order valence-corrected chi connectivity index (χ0v) is 85.4. The molecule has 5 heterocycles. The van der Waals surface area contributed by atoms with E-state index in [1.807, 2.05) is 11.8 Å². The third kappa shape index (κ3) is 51.7. The fraction of sp³-hybridized carbons (Fsp3) is 0.704. The Balaban J connectivity index is 0.873. The lowest BCUT2D eigenvalue weighted by atomic mass is 9.85. The molecule has 5 aromatic heterocycles. The van der Waals surface area contributed by atoms with E-state index >= 15 is 0 Å². The van der Waals surface area contributed by atoms with Gasteiger partial charge in [0.25, 0.3) is 0 Å². The van der Waals surface area contributed by atoms with Gasteiger partial charge in [-0.2, -0.15) is 0 Å². The van der Waals surface area contributed by atoms with Crippen LogP contribution in [0.5, 0.6) is 0 Å². The van der Waals surface area contributed by atoms with Gasteiger partial charge in [0.2, 0.25) is 17.7 Å². The highest BCUT2D eigenvalue weighted by molar-refractivity contribution is 8.01. The number of hydrogen-bond acceptors (Lipinski definition) is 32. The van der Waals surface area contributed by atoms with Crippen molar-refractivity contribution in [3.63, 3.8) is 0 Å². The van der Waals surface area contributed by atoms with Gasteiger partial charge in [0, 0.05) is 109 Å². The number of benzene rings is 1. The molecule has 6 aromatic rings. The SMILES string of the molecule is CC(=O)CC(COCc1cn(CCOCCOCCOCc2ccc(SC[Si](C)(C)O[Si](C)(C)CCCNC(C)=O)cc2)nn1)(COCc1cn(CCOCCOCCOCc2cnc(SC[Si](C)(C)O[Si](C)(C)CCCNC(C)=O)nc2)nn1)COCc1cn(CCOCCOCCOCc2cnc(SC[Si](C)(C)O[Si](C)(C)CCCNC(C)=O)nc2)nn1. The predicted octanol–water partition coefficient (Wildman–Crippen LogP) is 10.5. The molecule has 35 nitrogen and oxygen atoms in total. The summed E-state index contributed by atoms with van der Waals surface area (Å²) in [5.74, 6) is -0.0721. The topological polar surface area (TPSA) is 387 Å². The molecule has 6 rings (SSSR count). The number of carbonyl (C=O) groups excluding carboxylic acids is 4. The van der Waals surface area contributed by atoms with E-state index in [-0.39, 0.29) is 69.6 Å². The number of hydrogen-bond donors (Lipinski definition) is 3. The fourth-order valence-electron chi connectivity index (χ4n) is 13.0. The maximum atomic E-state index is 13.1. The Hall–Kier alpha value is -5.37. The molecule has 0 saturated carbocycles. The first kappa shape index (κ1) is 108. The first-order valence-electron chi connectivity index (χ1n) is 43.1. The van der Waals surface area contributed by atoms with Crippen molar-refractivity contribution < 1.29 is 88.4 Å². The first-order chi connectivity index (χ1) is 59.6. The molecule has 702 valence electrons. The van der Waals surface area contributed by atoms with Crippen molar-refractivity contribution in [2.24, 2.45) is 5.41 Å². The van der Waals surface area contributed by atoms with Crippen molar-refractivity contribution in [1.29, 1.82) is 0 Å². The van der Waals surface area contributed by atoms with Gasteiger partial charge >= 0.3 is 0 Å². The van der Waals surface area contributed by atoms with Gasteiger partial charge in [0.1, 0.15) is 22.9 Å². The van der Waals surface area contributed by atoms with Crippen molar-refractivity contribution in [3.05, 3.63) is 101 Å². The molecule has 125 heavy (non-hydrogen) atoms. The Morgan fingerprint density at radius 3 is 0.944 bits per heavy atom. The van der Waals surface area contributed by atoms with Crippen LogP contribution in [0.15, 0.2) is 82.9 Å². The number of Topliss-reactive ketones (excluding diaryl/α,β-unsaturated/α-hetero) is 1. The number of nitrogens with one attached hydrogen (secondary N) is 3. The average molecular weight is 1910 g/mol. The molecule has 0 unspecified atom stereocenters. The lowest BCUT2D eigenvalue weighted by Gasteiger charge is -2.34. The van der Waals surface area contributed by atoms with Crippen LogP contribution in [0, 0.1) is 5.41 Å². The Kier molecular flexibility index (Phi) is 51.3. The van der Waals surface area contributed by atoms with Crippen LogP contribution in [0.2, 0.25) is 96.7 Å². The smallest absolute Gasteiger partial charge is 0.216 e. The summed E-state index contributed by atoms with van der Waals surface area (Å²) in [5, 5.41) is 38.7. The first-order valence-corrected chi connectivity index (χ1v) is 64.8. The average Bonchev–Trinajstić information content (AvgIpc) is 1.29. The quantitative estimate of drug-likeness (QED) is 0.0138. The molecular weight excluding hydrogens is 1770 g/mol. The van der Waals surface area contributed by atoms with Crippen LogP contribution in [0.4, 0.5) is 0 Å². The predicted molar refractivity (Wildman–Crippen MR) is 496 cm³/mol. The number of aromatic nitrogens is 13. The standard InChI is InChI=1S/C81H142N16O19S3Si6/c1-68(98)48-81(62-111-59-75-53-95(92-89-75)27-30-102-33-36-105-39-42-108-56-72-20-22-78(23-21-72)117-65-123(11,12)114-120(5,6)45-17-24-82-69(2)99,63-112-60-76-54-96(93-90-76)28-31-103-34-37-106-40-43-109-57-73-49-85-79(86-50-73)118-66-124(13,14)115-121(7,8)46-18-25-83-70(3)100)64-113-61-77-55-97(94-91-77)29-32-104-35-38-107-41-44-110-58-74-51-87-80(88-52-74)119-67-125(15,16)116-122(9,10)47-19-26-84-71(4)101/h20-23,49-55H,17-19,24-48,56-67H2,1-16H3,(H,82,99)(H,83,100)(H,84,101). The van der Waals surface area contributed by atoms with Crippen LogP contribution in [-0.4, -0.2) is 293 Å². The van der Waals surface area contributed by atoms with Crippen molar-refractivity contribution in [1.82, 2.24) is 80.9 Å². The van der Waals surface area contributed by atoms with Crippen molar-refractivity contribution in [2.45, 2.75) is 225 Å². The maximum absolute atomic E-state index is 13.1. The summed E-state index contributed by atoms with van der Waals surface area (Å²) >= 11 is 5.09. The zero-order valence-electron chi connectivity index (χ0n) is 76.9. The summed E-state index contributed by atoms with van der Waals surface area (Å²) < 4.78 is 96.8. The maximum Gasteiger partial charge on any atom is 0.216 e. The molecule has 0 atom stereocenters. The molecule has 3 N–H and O–H groups in total. The number of nitrogens with zero attached hydrogens (tertiary/aromatic N) is 13. The second-order valence-electron chi connectivity index (χ2n) is 34.5. The van der Waals surface area contributed by atoms with Gasteiger partial charge in [0.05, 0.1) is 197 Å². The van der Waals surface area contributed by atoms with Crippen molar-refractivity contribution >= 4 is 109 Å². The van der Waals surface area contributed by atoms with Crippen LogP contribution < -0.4 is 16.0 Å². The molecule has 44 heteroatoms. The lowest BCUT2D eigenvalue weighted by Crippen LogP contribution is -2.46. The van der Waals surface area contributed by atoms with Gasteiger partial charge in [0.15, 0.2) is 60.2 Å². The minimum Gasteiger partial charge on any atom is -0.455 e. The summed E-state index contributed by atoms with van der Waals surface area (Å²) in [6.07, 6.45) is 15.5. The van der Waals surface area contributed by atoms with Crippen molar-refractivity contribution in [2.75, 3.05) is 155 Å². The normalized spacial score (nSPS) is 12.5. The zero-order chi connectivity index (χ0) is 90.7. The van der Waals surface area contributed by atoms with E-state index in [1.165, 1.54) is 11.8 Å². The molecule has 0 spiro atoms. The number of ether oxygens (including phenoxy) is 12. The van der Waals surface area contributed by atoms with Gasteiger partial charge in [-0.05, 0) is 141 Å². The van der Waals surface area contributed by atoms with Crippen molar-refractivity contribution in [3.8, 4) is 0 Å². The summed E-state index contributed by atoms with van der Waals surface area (Å²) in [6.45, 7) is 44.5. The molecule has 0 bridgehead atoms. The number of ketones is 1. The number of carbonyl (C=O) groups is 4. The van der Waals surface area contributed by atoms with Crippen LogP contribution in [0.25, 0.3) is 0 Å². The van der Waals surface area contributed by atoms with Gasteiger partial charge in [-0.15, -0.1) is 27.1 Å². The molecule has 0 fully saturated rings. The van der Waals surface area contributed by atoms with E-state index in [9.17, 15) is 19.2 Å². The Morgan fingerprint density at radius 1 is 0.352 bits per heavy atom. The largest absolute Gasteiger partial charge is 0.455 e. The molecule has 3 amide bonds. The van der Waals surface area contributed by atoms with Gasteiger partial charge in [-0.1, -0.05) is 51.3 Å². The highest BCUT2D eigenvalue weighted by Gasteiger charge is 2.37. The molecule has 0 aliphatic carbocycles. The minimum atomic E-state index is -1.97. The van der Waals surface area contributed by atoms with Gasteiger partial charge in [-0.3, -0.25) is 14.4 Å². The number of amides is 3. The lowest BCUT2D eigenvalue weighted by molar-refractivity contribution is -0.128. The van der Waals surface area contributed by atoms with E-state index in [0.29, 0.717) is 186 Å². The van der Waals surface area contributed by atoms with Crippen LogP contribution in [0.1, 0.15) is 87.2 Å². The van der Waals surface area contributed by atoms with E-state index < -0.39 is 55.3 Å². The van der Waals surface area contributed by atoms with Gasteiger partial charge < -0.3 is 89.9 Å². The number of thioether (sulfide) groups is 3. The third-order valence-electron chi connectivity index (χ3n) is 18.4. The summed E-state index contributed by atoms with van der Waals surface area (Å²) in [5.41, 5.74) is 3.70. The highest BCUT2D eigenvalue weighted by Crippen LogP contribution is 2.31. The van der Waals surface area contributed by atoms with Gasteiger partial charge in [-0.25, -0.2) is 34.0 Å². The number of rotatable bonds is 74. The van der Waals surface area contributed by atoms with E-state index in [2.05, 4.69) is 170 Å². The van der Waals surface area contributed by atoms with Crippen LogP contribution >= 0.6 is 35.3 Å². The monoisotopic (exact) mass is 1910 g/mol. The van der Waals surface area contributed by atoms with E-state index in [1.54, 1.807) is 102 Å². The molecule has 0 radical (unpaired) electrons. The minimum absolute atomic E-state index is 0.00380. The highest BCUT2D eigenvalue weighted by atomic mass is 32.2. The fourth-order valence-corrected chi connectivity index (χ4v) is 44.3. The third-order valence-corrected chi connectivity index (χ3v) is 48.0. The summed E-state index contributed by atoms with van der Waals surface area (Å²) in [7, 11) is -11.4. The second-order valence-corrected chi connectivity index (χ2v) is 65.1. The molecule has 0 aliphatic heterocycles. The van der Waals surface area contributed by atoms with E-state index in [0.717, 1.165) is 70.2 Å². The molecule has 0 saturated heterocycles. The molecule has 1 aromatic carbocycles. The van der Waals surface area contributed by atoms with Crippen LogP contribution in [0.3, 0.4) is 0 Å². The molecule has 0 aliphatic rings. The summed E-state index contributed by atoms with van der Waals surface area (Å²) in [6, 6.07) is 11.5. The molecular formula is C81H142N16O19S3Si6. The Labute approximate surface area is 759 Å². The second kappa shape index (κ2) is 59.1. The Bertz CT molecular complexity index is 3600. The van der Waals surface area contributed by atoms with E-state index in [4.69, 9.17) is 69.2 Å². The Morgan fingerprint density at radius 2 is 0.640 bits per heavy atom. The summed E-state index contributed by atoms with van der Waals surface area (Å²) in [4.78, 5) is 66.4.